The van der Waals surface area contributed by atoms with E-state index in [0.717, 1.165) is 9.13 Å². The maximum absolute atomic E-state index is 11.7. The lowest BCUT2D eigenvalue weighted by Gasteiger charge is -2.25. The van der Waals surface area contributed by atoms with Gasteiger partial charge in [-0.3, -0.25) is 14.2 Å². The van der Waals surface area contributed by atoms with Crippen LogP contribution in [0.25, 0.3) is 0 Å². The number of hydrogen-bond donors (Lipinski definition) is 1. The van der Waals surface area contributed by atoms with E-state index in [1.807, 2.05) is 0 Å². The second-order valence-corrected chi connectivity index (χ2v) is 3.82. The Morgan fingerprint density at radius 2 is 1.94 bits per heavy atom. The Morgan fingerprint density at radius 3 is 2.38 bits per heavy atom. The quantitative estimate of drug-likeness (QED) is 0.721. The Bertz CT molecular complexity index is 528. The van der Waals surface area contributed by atoms with Gasteiger partial charge in [0, 0.05) is 19.4 Å². The van der Waals surface area contributed by atoms with Crippen LogP contribution in [0.4, 0.5) is 0 Å². The maximum Gasteiger partial charge on any atom is 0.329 e. The van der Waals surface area contributed by atoms with Gasteiger partial charge in [-0.15, -0.1) is 0 Å². The third kappa shape index (κ3) is 1.66. The summed E-state index contributed by atoms with van der Waals surface area (Å²) in [6, 6.07) is 0. The van der Waals surface area contributed by atoms with E-state index < -0.39 is 22.6 Å². The molecule has 0 aliphatic heterocycles. The smallest absolute Gasteiger partial charge is 0.329 e. The van der Waals surface area contributed by atoms with E-state index in [9.17, 15) is 14.4 Å². The fourth-order valence-electron chi connectivity index (χ4n) is 1.37. The molecule has 0 amide bonds. The fraction of sp³-hybridized carbons (Fsp3) is 0.500. The number of aryl methyl sites for hydroxylation is 1. The normalized spacial score (nSPS) is 14.4. The predicted octanol–water partition coefficient (Wildman–Crippen LogP) is -0.243. The molecular weight excluding hydrogens is 212 g/mol. The summed E-state index contributed by atoms with van der Waals surface area (Å²) in [5.74, 6) is -1.13. The SMILES string of the molecule is CCC(C)(C(=O)O)n1ccn(C)c(=O)c1=O. The first-order valence-corrected chi connectivity index (χ1v) is 4.86. The summed E-state index contributed by atoms with van der Waals surface area (Å²) in [6.45, 7) is 3.06. The molecule has 1 unspecified atom stereocenters. The van der Waals surface area contributed by atoms with Crippen LogP contribution >= 0.6 is 0 Å². The molecule has 1 N–H and O–H groups in total. The zero-order chi connectivity index (χ0) is 12.5. The molecule has 6 nitrogen and oxygen atoms in total. The van der Waals surface area contributed by atoms with Gasteiger partial charge in [0.05, 0.1) is 0 Å². The average Bonchev–Trinajstić information content (AvgIpc) is 2.25. The van der Waals surface area contributed by atoms with Crippen molar-refractivity contribution in [3.8, 4) is 0 Å². The number of aliphatic carboxylic acids is 1. The summed E-state index contributed by atoms with van der Waals surface area (Å²) in [6.07, 6.45) is 2.91. The van der Waals surface area contributed by atoms with Gasteiger partial charge in [0.1, 0.15) is 5.54 Å². The van der Waals surface area contributed by atoms with Crippen LogP contribution < -0.4 is 11.1 Å². The number of nitrogens with zero attached hydrogens (tertiary/aromatic N) is 2. The van der Waals surface area contributed by atoms with Crippen molar-refractivity contribution in [3.05, 3.63) is 33.1 Å². The Morgan fingerprint density at radius 1 is 1.38 bits per heavy atom. The van der Waals surface area contributed by atoms with E-state index in [0.29, 0.717) is 0 Å². The third-order valence-electron chi connectivity index (χ3n) is 2.84. The lowest BCUT2D eigenvalue weighted by atomic mass is 9.99. The minimum atomic E-state index is -1.38. The fourth-order valence-corrected chi connectivity index (χ4v) is 1.37. The number of carboxylic acid groups (broad SMARTS) is 1. The summed E-state index contributed by atoms with van der Waals surface area (Å²) in [4.78, 5) is 34.2. The van der Waals surface area contributed by atoms with Crippen molar-refractivity contribution < 1.29 is 9.90 Å². The first-order chi connectivity index (χ1) is 7.34. The minimum absolute atomic E-state index is 0.218. The van der Waals surface area contributed by atoms with Crippen LogP contribution in [-0.4, -0.2) is 20.2 Å². The van der Waals surface area contributed by atoms with Gasteiger partial charge in [0.15, 0.2) is 0 Å². The Kier molecular flexibility index (Phi) is 3.02. The number of hydrogen-bond acceptors (Lipinski definition) is 3. The van der Waals surface area contributed by atoms with E-state index in [1.165, 1.54) is 26.4 Å². The number of rotatable bonds is 3. The van der Waals surface area contributed by atoms with Crippen molar-refractivity contribution in [2.24, 2.45) is 7.05 Å². The summed E-state index contributed by atoms with van der Waals surface area (Å²) in [7, 11) is 1.44. The molecule has 0 fully saturated rings. The summed E-state index contributed by atoms with van der Waals surface area (Å²) < 4.78 is 2.09. The van der Waals surface area contributed by atoms with Gasteiger partial charge < -0.3 is 9.67 Å². The highest BCUT2D eigenvalue weighted by molar-refractivity contribution is 5.76. The summed E-state index contributed by atoms with van der Waals surface area (Å²) in [5, 5.41) is 9.10. The third-order valence-corrected chi connectivity index (χ3v) is 2.84. The molecule has 0 bridgehead atoms. The monoisotopic (exact) mass is 226 g/mol. The Labute approximate surface area is 91.8 Å². The highest BCUT2D eigenvalue weighted by Gasteiger charge is 2.34. The Hall–Kier alpha value is -1.85. The molecule has 0 aliphatic rings. The summed E-state index contributed by atoms with van der Waals surface area (Å²) in [5.41, 5.74) is -2.94. The number of aromatic nitrogens is 2. The zero-order valence-corrected chi connectivity index (χ0v) is 9.43. The standard InChI is InChI=1S/C10H14N2O4/c1-4-10(2,9(15)16)12-6-5-11(3)7(13)8(12)14/h5-6H,4H2,1-3H3,(H,15,16). The van der Waals surface area contributed by atoms with Crippen molar-refractivity contribution in [2.45, 2.75) is 25.8 Å². The molecule has 0 aromatic carbocycles. The highest BCUT2D eigenvalue weighted by Crippen LogP contribution is 2.17. The van der Waals surface area contributed by atoms with Gasteiger partial charge in [-0.05, 0) is 13.3 Å². The molecule has 1 aromatic heterocycles. The molecule has 0 spiro atoms. The van der Waals surface area contributed by atoms with Crippen LogP contribution in [0.15, 0.2) is 22.0 Å². The lowest BCUT2D eigenvalue weighted by molar-refractivity contribution is -0.147. The molecule has 0 aliphatic carbocycles. The molecule has 0 saturated heterocycles. The average molecular weight is 226 g/mol. The van der Waals surface area contributed by atoms with Gasteiger partial charge in [-0.25, -0.2) is 4.79 Å². The van der Waals surface area contributed by atoms with Crippen LogP contribution in [0.1, 0.15) is 20.3 Å². The minimum Gasteiger partial charge on any atom is -0.479 e. The molecule has 1 atom stereocenters. The van der Waals surface area contributed by atoms with Gasteiger partial charge in [0.25, 0.3) is 0 Å². The van der Waals surface area contributed by atoms with E-state index in [1.54, 1.807) is 6.92 Å². The van der Waals surface area contributed by atoms with Crippen LogP contribution in [0.5, 0.6) is 0 Å². The molecule has 16 heavy (non-hydrogen) atoms. The molecule has 88 valence electrons. The summed E-state index contributed by atoms with van der Waals surface area (Å²) >= 11 is 0. The van der Waals surface area contributed by atoms with Crippen LogP contribution in [0.2, 0.25) is 0 Å². The predicted molar refractivity (Wildman–Crippen MR) is 57.5 cm³/mol. The van der Waals surface area contributed by atoms with Crippen LogP contribution in [0.3, 0.4) is 0 Å². The van der Waals surface area contributed by atoms with Crippen LogP contribution in [0, 0.1) is 0 Å². The molecular formula is C10H14N2O4. The van der Waals surface area contributed by atoms with Crippen molar-refractivity contribution >= 4 is 5.97 Å². The van der Waals surface area contributed by atoms with Crippen molar-refractivity contribution in [1.29, 1.82) is 0 Å². The first kappa shape index (κ1) is 12.2. The van der Waals surface area contributed by atoms with Crippen molar-refractivity contribution in [3.63, 3.8) is 0 Å². The molecule has 1 aromatic rings. The van der Waals surface area contributed by atoms with E-state index >= 15 is 0 Å². The molecule has 6 heteroatoms. The Balaban J connectivity index is 3.57. The molecule has 0 radical (unpaired) electrons. The molecule has 0 saturated carbocycles. The van der Waals surface area contributed by atoms with Crippen molar-refractivity contribution in [1.82, 2.24) is 9.13 Å². The van der Waals surface area contributed by atoms with E-state index in [4.69, 9.17) is 5.11 Å². The number of carbonyl (C=O) groups is 1. The lowest BCUT2D eigenvalue weighted by Crippen LogP contribution is -2.50. The highest BCUT2D eigenvalue weighted by atomic mass is 16.4. The van der Waals surface area contributed by atoms with Crippen LogP contribution in [-0.2, 0) is 17.4 Å². The maximum atomic E-state index is 11.7. The van der Waals surface area contributed by atoms with Gasteiger partial charge >= 0.3 is 17.1 Å². The number of carboxylic acids is 1. The molecule has 1 heterocycles. The topological polar surface area (TPSA) is 81.3 Å². The molecule has 1 rings (SSSR count). The van der Waals surface area contributed by atoms with Gasteiger partial charge in [-0.2, -0.15) is 0 Å². The zero-order valence-electron chi connectivity index (χ0n) is 9.43. The second-order valence-electron chi connectivity index (χ2n) is 3.82. The largest absolute Gasteiger partial charge is 0.479 e. The van der Waals surface area contributed by atoms with Gasteiger partial charge in [-0.1, -0.05) is 6.92 Å². The first-order valence-electron chi connectivity index (χ1n) is 4.86. The van der Waals surface area contributed by atoms with E-state index in [2.05, 4.69) is 0 Å². The second kappa shape index (κ2) is 3.96. The van der Waals surface area contributed by atoms with Crippen molar-refractivity contribution in [2.75, 3.05) is 0 Å². The van der Waals surface area contributed by atoms with Gasteiger partial charge in [0.2, 0.25) is 0 Å². The van der Waals surface area contributed by atoms with E-state index in [-0.39, 0.29) is 6.42 Å².